The Hall–Kier alpha value is -0.690. The first-order valence-electron chi connectivity index (χ1n) is 8.59. The Morgan fingerprint density at radius 1 is 1.00 bits per heavy atom. The number of unbranched alkanes of at least 4 members (excludes halogenated alkanes) is 2. The molecule has 0 radical (unpaired) electrons. The third-order valence-corrected chi connectivity index (χ3v) is 5.10. The number of hydrogen-bond donors (Lipinski definition) is 0. The second-order valence-corrected chi connectivity index (χ2v) is 6.76. The van der Waals surface area contributed by atoms with E-state index in [0.29, 0.717) is 5.92 Å². The summed E-state index contributed by atoms with van der Waals surface area (Å²) in [6.45, 7) is 3.11. The molecule has 1 aliphatic rings. The summed E-state index contributed by atoms with van der Waals surface area (Å²) in [5.41, 5.74) is 1.43. The van der Waals surface area contributed by atoms with Crippen molar-refractivity contribution in [3.8, 4) is 5.75 Å². The van der Waals surface area contributed by atoms with Crippen molar-refractivity contribution in [2.45, 2.75) is 58.3 Å². The van der Waals surface area contributed by atoms with Gasteiger partial charge >= 0.3 is 0 Å². The first-order chi connectivity index (χ1) is 10.3. The highest BCUT2D eigenvalue weighted by atomic mass is 35.5. The predicted molar refractivity (Wildman–Crippen MR) is 91.3 cm³/mol. The minimum Gasteiger partial charge on any atom is -0.493 e. The number of halogens is 1. The van der Waals surface area contributed by atoms with Crippen LogP contribution in [0.4, 0.5) is 0 Å². The Kier molecular flexibility index (Phi) is 7.43. The summed E-state index contributed by atoms with van der Waals surface area (Å²) in [4.78, 5) is 0. The average Bonchev–Trinajstić information content (AvgIpc) is 2.55. The maximum absolute atomic E-state index is 5.96. The van der Waals surface area contributed by atoms with Crippen molar-refractivity contribution < 1.29 is 4.74 Å². The topological polar surface area (TPSA) is 9.23 Å². The second-order valence-electron chi connectivity index (χ2n) is 6.45. The van der Waals surface area contributed by atoms with Gasteiger partial charge in [0, 0.05) is 5.88 Å². The summed E-state index contributed by atoms with van der Waals surface area (Å²) in [5, 5.41) is 0. The lowest BCUT2D eigenvalue weighted by atomic mass is 9.83. The molecule has 0 unspecified atom stereocenters. The zero-order chi connectivity index (χ0) is 14.9. The van der Waals surface area contributed by atoms with Gasteiger partial charge in [-0.1, -0.05) is 31.9 Å². The van der Waals surface area contributed by atoms with Crippen molar-refractivity contribution in [3.63, 3.8) is 0 Å². The van der Waals surface area contributed by atoms with Crippen molar-refractivity contribution >= 4 is 11.6 Å². The summed E-state index contributed by atoms with van der Waals surface area (Å²) in [6.07, 6.45) is 10.2. The molecule has 0 amide bonds. The van der Waals surface area contributed by atoms with Crippen LogP contribution in [0.5, 0.6) is 5.75 Å². The third kappa shape index (κ3) is 5.90. The Morgan fingerprint density at radius 3 is 2.29 bits per heavy atom. The summed E-state index contributed by atoms with van der Waals surface area (Å²) in [7, 11) is 0. The fourth-order valence-corrected chi connectivity index (χ4v) is 3.41. The molecular weight excluding hydrogens is 280 g/mol. The molecule has 0 atom stereocenters. The fourth-order valence-electron chi connectivity index (χ4n) is 3.10. The van der Waals surface area contributed by atoms with Gasteiger partial charge in [0.05, 0.1) is 6.61 Å². The molecule has 0 saturated heterocycles. The molecule has 1 saturated carbocycles. The normalized spacial score (nSPS) is 22.2. The Morgan fingerprint density at radius 2 is 1.67 bits per heavy atom. The summed E-state index contributed by atoms with van der Waals surface area (Å²) >= 11 is 5.93. The molecule has 1 aromatic rings. The Labute approximate surface area is 135 Å². The molecule has 1 aliphatic carbocycles. The van der Waals surface area contributed by atoms with Gasteiger partial charge in [-0.2, -0.15) is 0 Å². The Bertz CT molecular complexity index is 379. The van der Waals surface area contributed by atoms with Crippen molar-refractivity contribution in [1.29, 1.82) is 0 Å². The smallest absolute Gasteiger partial charge is 0.119 e. The van der Waals surface area contributed by atoms with Gasteiger partial charge in [0.15, 0.2) is 0 Å². The third-order valence-electron chi connectivity index (χ3n) is 4.66. The maximum atomic E-state index is 5.96. The number of benzene rings is 1. The molecule has 118 valence electrons. The molecule has 2 heteroatoms. The van der Waals surface area contributed by atoms with Crippen LogP contribution in [0.25, 0.3) is 0 Å². The van der Waals surface area contributed by atoms with Crippen LogP contribution in [0, 0.1) is 11.8 Å². The largest absolute Gasteiger partial charge is 0.493 e. The van der Waals surface area contributed by atoms with Gasteiger partial charge in [-0.15, -0.1) is 11.6 Å². The zero-order valence-corrected chi connectivity index (χ0v) is 14.1. The summed E-state index contributed by atoms with van der Waals surface area (Å²) < 4.78 is 5.96. The van der Waals surface area contributed by atoms with Crippen LogP contribution in [0.15, 0.2) is 24.3 Å². The van der Waals surface area contributed by atoms with Crippen LogP contribution in [0.2, 0.25) is 0 Å². The van der Waals surface area contributed by atoms with Gasteiger partial charge in [-0.05, 0) is 68.1 Å². The van der Waals surface area contributed by atoms with E-state index in [1.807, 2.05) is 0 Å². The average molecular weight is 309 g/mol. The SMILES string of the molecule is CCCCCc1ccc(OCC2CCC(CCl)CC2)cc1. The van der Waals surface area contributed by atoms with E-state index in [0.717, 1.165) is 24.2 Å². The molecule has 2 rings (SSSR count). The molecule has 1 nitrogen and oxygen atoms in total. The van der Waals surface area contributed by atoms with Gasteiger partial charge < -0.3 is 4.74 Å². The van der Waals surface area contributed by atoms with Crippen molar-refractivity contribution in [2.24, 2.45) is 11.8 Å². The first kappa shape index (κ1) is 16.7. The molecule has 0 aromatic heterocycles. The highest BCUT2D eigenvalue weighted by Gasteiger charge is 2.20. The van der Waals surface area contributed by atoms with E-state index in [1.165, 1.54) is 56.9 Å². The van der Waals surface area contributed by atoms with E-state index >= 15 is 0 Å². The lowest BCUT2D eigenvalue weighted by Gasteiger charge is -2.27. The molecular formula is C19H29ClO. The van der Waals surface area contributed by atoms with Crippen LogP contribution < -0.4 is 4.74 Å². The first-order valence-corrected chi connectivity index (χ1v) is 9.13. The molecule has 0 aliphatic heterocycles. The van der Waals surface area contributed by atoms with Crippen LogP contribution in [0.3, 0.4) is 0 Å². The second kappa shape index (κ2) is 9.35. The van der Waals surface area contributed by atoms with E-state index in [9.17, 15) is 0 Å². The van der Waals surface area contributed by atoms with E-state index in [1.54, 1.807) is 0 Å². The van der Waals surface area contributed by atoms with E-state index in [2.05, 4.69) is 31.2 Å². The van der Waals surface area contributed by atoms with Crippen LogP contribution in [-0.2, 0) is 6.42 Å². The number of alkyl halides is 1. The molecule has 0 spiro atoms. The standard InChI is InChI=1S/C19H29ClO/c1-2-3-4-5-16-10-12-19(13-11-16)21-15-18-8-6-17(14-20)7-9-18/h10-13,17-18H,2-9,14-15H2,1H3. The Balaban J connectivity index is 1.69. The van der Waals surface area contributed by atoms with Gasteiger partial charge in [0.25, 0.3) is 0 Å². The van der Waals surface area contributed by atoms with E-state index in [4.69, 9.17) is 16.3 Å². The van der Waals surface area contributed by atoms with E-state index < -0.39 is 0 Å². The molecule has 0 heterocycles. The molecule has 21 heavy (non-hydrogen) atoms. The van der Waals surface area contributed by atoms with Crippen LogP contribution in [-0.4, -0.2) is 12.5 Å². The summed E-state index contributed by atoms with van der Waals surface area (Å²) in [5.74, 6) is 3.31. The van der Waals surface area contributed by atoms with Crippen molar-refractivity contribution in [2.75, 3.05) is 12.5 Å². The van der Waals surface area contributed by atoms with Gasteiger partial charge in [-0.25, -0.2) is 0 Å². The minimum atomic E-state index is 0.716. The molecule has 0 bridgehead atoms. The maximum Gasteiger partial charge on any atom is 0.119 e. The van der Waals surface area contributed by atoms with E-state index in [-0.39, 0.29) is 0 Å². The number of rotatable bonds is 8. The van der Waals surface area contributed by atoms with Gasteiger partial charge in [-0.3, -0.25) is 0 Å². The zero-order valence-electron chi connectivity index (χ0n) is 13.3. The van der Waals surface area contributed by atoms with Crippen LogP contribution >= 0.6 is 11.6 Å². The molecule has 0 N–H and O–H groups in total. The number of hydrogen-bond acceptors (Lipinski definition) is 1. The quantitative estimate of drug-likeness (QED) is 0.433. The fraction of sp³-hybridized carbons (Fsp3) is 0.684. The lowest BCUT2D eigenvalue weighted by molar-refractivity contribution is 0.189. The number of ether oxygens (including phenoxy) is 1. The van der Waals surface area contributed by atoms with Gasteiger partial charge in [0.2, 0.25) is 0 Å². The predicted octanol–water partition coefficient (Wildman–Crippen LogP) is 5.84. The highest BCUT2D eigenvalue weighted by Crippen LogP contribution is 2.30. The minimum absolute atomic E-state index is 0.716. The van der Waals surface area contributed by atoms with Crippen LogP contribution in [0.1, 0.15) is 57.4 Å². The monoisotopic (exact) mass is 308 g/mol. The van der Waals surface area contributed by atoms with Crippen molar-refractivity contribution in [1.82, 2.24) is 0 Å². The molecule has 1 aromatic carbocycles. The lowest BCUT2D eigenvalue weighted by Crippen LogP contribution is -2.20. The van der Waals surface area contributed by atoms with Crippen molar-refractivity contribution in [3.05, 3.63) is 29.8 Å². The molecule has 1 fully saturated rings. The number of aryl methyl sites for hydroxylation is 1. The van der Waals surface area contributed by atoms with Gasteiger partial charge in [0.1, 0.15) is 5.75 Å². The summed E-state index contributed by atoms with van der Waals surface area (Å²) in [6, 6.07) is 8.70. The highest BCUT2D eigenvalue weighted by molar-refractivity contribution is 6.18.